The van der Waals surface area contributed by atoms with Crippen LogP contribution in [0.2, 0.25) is 0 Å². The zero-order valence-corrected chi connectivity index (χ0v) is 12.9. The molecule has 0 saturated carbocycles. The maximum Gasteiger partial charge on any atom is 0.0969 e. The van der Waals surface area contributed by atoms with Crippen LogP contribution < -0.4 is 0 Å². The third-order valence-corrected chi connectivity index (χ3v) is 3.50. The van der Waals surface area contributed by atoms with Crippen molar-refractivity contribution < 1.29 is 5.11 Å². The highest BCUT2D eigenvalue weighted by molar-refractivity contribution is 5.61. The summed E-state index contributed by atoms with van der Waals surface area (Å²) in [6.07, 6.45) is 7.94. The Balaban J connectivity index is 2.19. The molecule has 2 rings (SSSR count). The van der Waals surface area contributed by atoms with Gasteiger partial charge >= 0.3 is 0 Å². The molecule has 114 valence electrons. The van der Waals surface area contributed by atoms with Crippen molar-refractivity contribution in [1.82, 2.24) is 19.7 Å². The highest BCUT2D eigenvalue weighted by atomic mass is 16.3. The largest absolute Gasteiger partial charge is 0.395 e. The average Bonchev–Trinajstić information content (AvgIpc) is 2.86. The van der Waals surface area contributed by atoms with E-state index in [2.05, 4.69) is 28.1 Å². The zero-order valence-electron chi connectivity index (χ0n) is 12.9. The SMILES string of the molecule is CCCCN(CCO)Cc1cn(C)nc1-c1ccncc1. The summed E-state index contributed by atoms with van der Waals surface area (Å²) >= 11 is 0. The van der Waals surface area contributed by atoms with E-state index in [0.29, 0.717) is 6.54 Å². The molecule has 0 radical (unpaired) electrons. The molecule has 0 aliphatic heterocycles. The molecule has 0 aromatic carbocycles. The van der Waals surface area contributed by atoms with Crippen molar-refractivity contribution in [2.45, 2.75) is 26.3 Å². The van der Waals surface area contributed by atoms with Gasteiger partial charge in [-0.25, -0.2) is 0 Å². The van der Waals surface area contributed by atoms with Gasteiger partial charge in [0.1, 0.15) is 0 Å². The molecule has 2 aromatic heterocycles. The quantitative estimate of drug-likeness (QED) is 0.808. The van der Waals surface area contributed by atoms with Crippen LogP contribution in [0.3, 0.4) is 0 Å². The van der Waals surface area contributed by atoms with Gasteiger partial charge in [-0.1, -0.05) is 13.3 Å². The van der Waals surface area contributed by atoms with Crippen molar-refractivity contribution >= 4 is 0 Å². The van der Waals surface area contributed by atoms with Gasteiger partial charge < -0.3 is 5.11 Å². The lowest BCUT2D eigenvalue weighted by molar-refractivity contribution is 0.188. The molecule has 0 fully saturated rings. The molecule has 1 N–H and O–H groups in total. The first-order valence-corrected chi connectivity index (χ1v) is 7.50. The van der Waals surface area contributed by atoms with E-state index in [1.807, 2.05) is 23.9 Å². The molecule has 0 aliphatic carbocycles. The molecule has 0 saturated heterocycles. The number of rotatable bonds is 8. The number of hydrogen-bond donors (Lipinski definition) is 1. The molecule has 21 heavy (non-hydrogen) atoms. The van der Waals surface area contributed by atoms with E-state index in [1.54, 1.807) is 12.4 Å². The fourth-order valence-corrected chi connectivity index (χ4v) is 2.44. The van der Waals surface area contributed by atoms with Crippen molar-refractivity contribution in [1.29, 1.82) is 0 Å². The maximum atomic E-state index is 9.23. The van der Waals surface area contributed by atoms with Gasteiger partial charge in [0.25, 0.3) is 0 Å². The van der Waals surface area contributed by atoms with Crippen LogP contribution in [0.5, 0.6) is 0 Å². The summed E-state index contributed by atoms with van der Waals surface area (Å²) in [4.78, 5) is 6.34. The maximum absolute atomic E-state index is 9.23. The number of hydrogen-bond acceptors (Lipinski definition) is 4. The van der Waals surface area contributed by atoms with Crippen LogP contribution in [0.4, 0.5) is 0 Å². The first-order valence-electron chi connectivity index (χ1n) is 7.50. The molecule has 2 heterocycles. The molecule has 0 bridgehead atoms. The monoisotopic (exact) mass is 288 g/mol. The summed E-state index contributed by atoms with van der Waals surface area (Å²) in [6.45, 7) is 4.89. The fraction of sp³-hybridized carbons (Fsp3) is 0.500. The van der Waals surface area contributed by atoms with E-state index in [1.165, 1.54) is 5.56 Å². The lowest BCUT2D eigenvalue weighted by atomic mass is 10.1. The van der Waals surface area contributed by atoms with Crippen LogP contribution in [-0.2, 0) is 13.6 Å². The summed E-state index contributed by atoms with van der Waals surface area (Å²) in [5, 5.41) is 13.8. The van der Waals surface area contributed by atoms with Crippen LogP contribution in [0.25, 0.3) is 11.3 Å². The van der Waals surface area contributed by atoms with Gasteiger partial charge in [-0.05, 0) is 25.1 Å². The van der Waals surface area contributed by atoms with Gasteiger partial charge in [-0.15, -0.1) is 0 Å². The number of pyridine rings is 1. The first kappa shape index (κ1) is 15.7. The van der Waals surface area contributed by atoms with Gasteiger partial charge in [0, 0.05) is 49.9 Å². The third-order valence-electron chi connectivity index (χ3n) is 3.50. The number of unbranched alkanes of at least 4 members (excludes halogenated alkanes) is 1. The van der Waals surface area contributed by atoms with Gasteiger partial charge in [0.2, 0.25) is 0 Å². The van der Waals surface area contributed by atoms with Crippen LogP contribution in [-0.4, -0.2) is 44.5 Å². The average molecular weight is 288 g/mol. The topological polar surface area (TPSA) is 54.2 Å². The minimum absolute atomic E-state index is 0.189. The van der Waals surface area contributed by atoms with E-state index in [0.717, 1.165) is 37.2 Å². The third kappa shape index (κ3) is 4.37. The molecule has 0 aliphatic rings. The number of aliphatic hydroxyl groups excluding tert-OH is 1. The Bertz CT molecular complexity index is 538. The Labute approximate surface area is 126 Å². The molecule has 0 spiro atoms. The fourth-order valence-electron chi connectivity index (χ4n) is 2.44. The summed E-state index contributed by atoms with van der Waals surface area (Å²) in [6, 6.07) is 3.96. The molecule has 5 heteroatoms. The van der Waals surface area contributed by atoms with Gasteiger partial charge in [0.15, 0.2) is 0 Å². The molecule has 0 unspecified atom stereocenters. The molecule has 5 nitrogen and oxygen atoms in total. The highest BCUT2D eigenvalue weighted by Crippen LogP contribution is 2.22. The summed E-state index contributed by atoms with van der Waals surface area (Å²) < 4.78 is 1.85. The van der Waals surface area contributed by atoms with Gasteiger partial charge in [0.05, 0.1) is 12.3 Å². The predicted molar refractivity (Wildman–Crippen MR) is 83.7 cm³/mol. The minimum Gasteiger partial charge on any atom is -0.395 e. The van der Waals surface area contributed by atoms with E-state index < -0.39 is 0 Å². The van der Waals surface area contributed by atoms with Crippen LogP contribution in [0.15, 0.2) is 30.7 Å². The Morgan fingerprint density at radius 3 is 2.67 bits per heavy atom. The second kappa shape index (κ2) is 7.90. The molecule has 2 aromatic rings. The first-order chi connectivity index (χ1) is 10.2. The van der Waals surface area contributed by atoms with Crippen LogP contribution in [0.1, 0.15) is 25.3 Å². The smallest absolute Gasteiger partial charge is 0.0969 e. The molecule has 0 amide bonds. The van der Waals surface area contributed by atoms with Crippen molar-refractivity contribution in [3.63, 3.8) is 0 Å². The van der Waals surface area contributed by atoms with E-state index in [4.69, 9.17) is 0 Å². The van der Waals surface area contributed by atoms with Gasteiger partial charge in [-0.2, -0.15) is 5.10 Å². The van der Waals surface area contributed by atoms with Crippen molar-refractivity contribution in [3.8, 4) is 11.3 Å². The normalized spacial score (nSPS) is 11.2. The second-order valence-corrected chi connectivity index (χ2v) is 5.27. The second-order valence-electron chi connectivity index (χ2n) is 5.27. The van der Waals surface area contributed by atoms with Crippen LogP contribution >= 0.6 is 0 Å². The lowest BCUT2D eigenvalue weighted by Gasteiger charge is -2.20. The zero-order chi connectivity index (χ0) is 15.1. The van der Waals surface area contributed by atoms with E-state index in [9.17, 15) is 5.11 Å². The number of aromatic nitrogens is 3. The lowest BCUT2D eigenvalue weighted by Crippen LogP contribution is -2.27. The number of nitrogens with zero attached hydrogens (tertiary/aromatic N) is 4. The standard InChI is InChI=1S/C16H24N4O/c1-3-4-9-20(10-11-21)13-15-12-19(2)18-16(15)14-5-7-17-8-6-14/h5-8,12,21H,3-4,9-11,13H2,1-2H3. The highest BCUT2D eigenvalue weighted by Gasteiger charge is 2.13. The molecular formula is C16H24N4O. The van der Waals surface area contributed by atoms with E-state index >= 15 is 0 Å². The Hall–Kier alpha value is -1.72. The summed E-state index contributed by atoms with van der Waals surface area (Å²) in [7, 11) is 1.94. The van der Waals surface area contributed by atoms with Crippen molar-refractivity contribution in [2.75, 3.05) is 19.7 Å². The van der Waals surface area contributed by atoms with Crippen molar-refractivity contribution in [3.05, 3.63) is 36.3 Å². The number of aryl methyl sites for hydroxylation is 1. The number of aliphatic hydroxyl groups is 1. The Kier molecular flexibility index (Phi) is 5.90. The molecular weight excluding hydrogens is 264 g/mol. The van der Waals surface area contributed by atoms with E-state index in [-0.39, 0.29) is 6.61 Å². The minimum atomic E-state index is 0.189. The Morgan fingerprint density at radius 2 is 2.00 bits per heavy atom. The summed E-state index contributed by atoms with van der Waals surface area (Å²) in [5.41, 5.74) is 3.27. The summed E-state index contributed by atoms with van der Waals surface area (Å²) in [5.74, 6) is 0. The van der Waals surface area contributed by atoms with Crippen LogP contribution in [0, 0.1) is 0 Å². The molecule has 0 atom stereocenters. The van der Waals surface area contributed by atoms with Crippen molar-refractivity contribution in [2.24, 2.45) is 7.05 Å². The Morgan fingerprint density at radius 1 is 1.24 bits per heavy atom. The van der Waals surface area contributed by atoms with Gasteiger partial charge in [-0.3, -0.25) is 14.6 Å². The predicted octanol–water partition coefficient (Wildman–Crippen LogP) is 2.08.